The Kier molecular flexibility index (Phi) is 5.06. The molecule has 1 amide bonds. The van der Waals surface area contributed by atoms with E-state index in [0.29, 0.717) is 18.5 Å². The molecule has 0 aromatic carbocycles. The maximum absolute atomic E-state index is 12.2. The normalized spacial score (nSPS) is 36.0. The van der Waals surface area contributed by atoms with Crippen LogP contribution in [-0.2, 0) is 14.4 Å². The molecule has 0 unspecified atom stereocenters. The summed E-state index contributed by atoms with van der Waals surface area (Å²) >= 11 is 0. The zero-order valence-electron chi connectivity index (χ0n) is 13.3. The third-order valence-electron chi connectivity index (χ3n) is 4.78. The van der Waals surface area contributed by atoms with E-state index in [0.717, 1.165) is 0 Å². The smallest absolute Gasteiger partial charge is 0.543 e. The Labute approximate surface area is 151 Å². The van der Waals surface area contributed by atoms with Gasteiger partial charge in [-0.1, -0.05) is 6.92 Å². The number of hydrogen-bond acceptors (Lipinski definition) is 6. The fraction of sp³-hybridized carbons (Fsp3) is 0.714. The second kappa shape index (κ2) is 6.22. The van der Waals surface area contributed by atoms with Crippen molar-refractivity contribution < 1.29 is 54.2 Å². The van der Waals surface area contributed by atoms with Gasteiger partial charge in [-0.15, -0.1) is 0 Å². The van der Waals surface area contributed by atoms with Crippen LogP contribution in [0.1, 0.15) is 20.3 Å². The van der Waals surface area contributed by atoms with Crippen molar-refractivity contribution in [1.82, 2.24) is 9.96 Å². The number of amides is 1. The SMILES string of the molecule is C[C@@H](O)[C@H]1C(=O)N2C(C(=O)[O-])=C([C@@H]3CCN(C)O3)[C@H](C)[C@H]12.[Na+]. The molecule has 0 spiro atoms. The number of hydroxylamine groups is 2. The van der Waals surface area contributed by atoms with Crippen molar-refractivity contribution in [3.05, 3.63) is 11.3 Å². The number of carboxylic acid groups (broad SMARTS) is 1. The molecule has 0 saturated carbocycles. The molecule has 116 valence electrons. The van der Waals surface area contributed by atoms with Crippen LogP contribution in [0.5, 0.6) is 0 Å². The average molecular weight is 318 g/mol. The van der Waals surface area contributed by atoms with Crippen molar-refractivity contribution in [2.45, 2.75) is 38.5 Å². The Morgan fingerprint density at radius 3 is 2.59 bits per heavy atom. The number of aliphatic carboxylic acids is 1. The zero-order chi connectivity index (χ0) is 15.5. The summed E-state index contributed by atoms with van der Waals surface area (Å²) in [5.74, 6) is -2.41. The number of carbonyl (C=O) groups excluding carboxylic acids is 2. The summed E-state index contributed by atoms with van der Waals surface area (Å²) in [7, 11) is 1.79. The van der Waals surface area contributed by atoms with Gasteiger partial charge in [0.1, 0.15) is 6.10 Å². The molecule has 2 fully saturated rings. The van der Waals surface area contributed by atoms with Gasteiger partial charge in [-0.2, -0.15) is 5.06 Å². The number of β-lactam (4-membered cyclic amide) rings is 1. The fourth-order valence-electron chi connectivity index (χ4n) is 3.85. The standard InChI is InChI=1S/C14H20N2O5.Na/c1-6-9(8-4-5-15(3)21-8)12(14(19)20)16-11(6)10(7(2)17)13(16)18;/h6-8,10-11,17H,4-5H2,1-3H3,(H,19,20);/q;+1/p-1/t6-,7+,8-,10+,11+;/m0./s1. The molecule has 2 saturated heterocycles. The van der Waals surface area contributed by atoms with E-state index in [-0.39, 0.29) is 59.2 Å². The molecular formula is C14H19N2NaO5. The van der Waals surface area contributed by atoms with E-state index in [2.05, 4.69) is 0 Å². The predicted molar refractivity (Wildman–Crippen MR) is 69.1 cm³/mol. The molecule has 3 aliphatic heterocycles. The van der Waals surface area contributed by atoms with E-state index in [1.54, 1.807) is 19.0 Å². The molecule has 22 heavy (non-hydrogen) atoms. The summed E-state index contributed by atoms with van der Waals surface area (Å²) < 4.78 is 0. The predicted octanol–water partition coefficient (Wildman–Crippen LogP) is -4.51. The molecule has 1 N–H and O–H groups in total. The molecule has 3 heterocycles. The Bertz CT molecular complexity index is 535. The monoisotopic (exact) mass is 318 g/mol. The van der Waals surface area contributed by atoms with Crippen LogP contribution in [0.4, 0.5) is 0 Å². The molecule has 0 aromatic heterocycles. The molecule has 0 aromatic rings. The van der Waals surface area contributed by atoms with Crippen LogP contribution in [0, 0.1) is 11.8 Å². The van der Waals surface area contributed by atoms with Crippen LogP contribution in [0.2, 0.25) is 0 Å². The Hall–Kier alpha value is -0.440. The summed E-state index contributed by atoms with van der Waals surface area (Å²) in [6.45, 7) is 4.15. The topological polar surface area (TPSA) is 93.1 Å². The van der Waals surface area contributed by atoms with E-state index < -0.39 is 18.0 Å². The number of fused-ring (bicyclic) bond motifs is 1. The summed E-state index contributed by atoms with van der Waals surface area (Å²) in [6.07, 6.45) is -0.456. The maximum Gasteiger partial charge on any atom is 1.00 e. The van der Waals surface area contributed by atoms with E-state index in [9.17, 15) is 19.8 Å². The van der Waals surface area contributed by atoms with E-state index in [4.69, 9.17) is 4.84 Å². The van der Waals surface area contributed by atoms with Crippen molar-refractivity contribution >= 4 is 11.9 Å². The van der Waals surface area contributed by atoms with Crippen molar-refractivity contribution in [1.29, 1.82) is 0 Å². The largest absolute Gasteiger partial charge is 1.00 e. The molecule has 3 aliphatic rings. The van der Waals surface area contributed by atoms with Crippen molar-refractivity contribution in [2.24, 2.45) is 11.8 Å². The number of carboxylic acids is 1. The molecule has 8 heteroatoms. The van der Waals surface area contributed by atoms with Crippen LogP contribution in [0.15, 0.2) is 11.3 Å². The van der Waals surface area contributed by atoms with Gasteiger partial charge in [0, 0.05) is 19.5 Å². The van der Waals surface area contributed by atoms with Gasteiger partial charge in [-0.25, -0.2) is 0 Å². The molecule has 7 nitrogen and oxygen atoms in total. The van der Waals surface area contributed by atoms with Crippen molar-refractivity contribution in [3.8, 4) is 0 Å². The van der Waals surface area contributed by atoms with Crippen LogP contribution in [0.3, 0.4) is 0 Å². The summed E-state index contributed by atoms with van der Waals surface area (Å²) in [6, 6.07) is -0.310. The van der Waals surface area contributed by atoms with Crippen molar-refractivity contribution in [3.63, 3.8) is 0 Å². The number of nitrogens with zero attached hydrogens (tertiary/aromatic N) is 2. The van der Waals surface area contributed by atoms with Crippen LogP contribution < -0.4 is 34.7 Å². The van der Waals surface area contributed by atoms with Gasteiger partial charge < -0.3 is 19.9 Å². The van der Waals surface area contributed by atoms with Crippen LogP contribution in [-0.4, -0.2) is 58.8 Å². The van der Waals surface area contributed by atoms with E-state index in [1.807, 2.05) is 6.92 Å². The molecular weight excluding hydrogens is 299 g/mol. The minimum absolute atomic E-state index is 0. The number of carbonyl (C=O) groups is 2. The number of rotatable bonds is 3. The van der Waals surface area contributed by atoms with E-state index in [1.165, 1.54) is 4.90 Å². The van der Waals surface area contributed by atoms with Gasteiger partial charge in [0.05, 0.1) is 29.7 Å². The summed E-state index contributed by atoms with van der Waals surface area (Å²) in [5.41, 5.74) is 0.551. The van der Waals surface area contributed by atoms with Crippen LogP contribution >= 0.6 is 0 Å². The third-order valence-corrected chi connectivity index (χ3v) is 4.78. The summed E-state index contributed by atoms with van der Waals surface area (Å²) in [5, 5.41) is 22.9. The second-order valence-electron chi connectivity index (χ2n) is 6.08. The van der Waals surface area contributed by atoms with E-state index >= 15 is 0 Å². The van der Waals surface area contributed by atoms with Gasteiger partial charge in [-0.3, -0.25) is 9.63 Å². The van der Waals surface area contributed by atoms with Crippen LogP contribution in [0.25, 0.3) is 0 Å². The second-order valence-corrected chi connectivity index (χ2v) is 6.08. The van der Waals surface area contributed by atoms with Gasteiger partial charge >= 0.3 is 29.6 Å². The number of hydrogen-bond donors (Lipinski definition) is 1. The first kappa shape index (κ1) is 17.9. The van der Waals surface area contributed by atoms with Gasteiger partial charge in [-0.05, 0) is 18.9 Å². The molecule has 5 atom stereocenters. The molecule has 3 rings (SSSR count). The quantitative estimate of drug-likeness (QED) is 0.416. The average Bonchev–Trinajstić information content (AvgIpc) is 2.89. The first-order valence-electron chi connectivity index (χ1n) is 7.19. The summed E-state index contributed by atoms with van der Waals surface area (Å²) in [4.78, 5) is 30.6. The molecule has 0 radical (unpaired) electrons. The minimum atomic E-state index is -1.35. The van der Waals surface area contributed by atoms with Gasteiger partial charge in [0.15, 0.2) is 0 Å². The molecule has 0 bridgehead atoms. The number of aliphatic hydroxyl groups is 1. The van der Waals surface area contributed by atoms with Gasteiger partial charge in [0.2, 0.25) is 5.91 Å². The minimum Gasteiger partial charge on any atom is -0.543 e. The third kappa shape index (κ3) is 2.44. The maximum atomic E-state index is 12.2. The Morgan fingerprint density at radius 2 is 2.14 bits per heavy atom. The first-order chi connectivity index (χ1) is 9.84. The number of aliphatic hydroxyl groups excluding tert-OH is 1. The van der Waals surface area contributed by atoms with Gasteiger partial charge in [0.25, 0.3) is 0 Å². The Balaban J connectivity index is 0.00000176. The van der Waals surface area contributed by atoms with Crippen molar-refractivity contribution in [2.75, 3.05) is 13.6 Å². The fourth-order valence-corrected chi connectivity index (χ4v) is 3.85. The Morgan fingerprint density at radius 1 is 1.50 bits per heavy atom. The molecule has 0 aliphatic carbocycles. The first-order valence-corrected chi connectivity index (χ1v) is 7.19. The zero-order valence-corrected chi connectivity index (χ0v) is 15.3.